The zero-order chi connectivity index (χ0) is 20.1. The number of pyridine rings is 1. The van der Waals surface area contributed by atoms with Gasteiger partial charge in [0.25, 0.3) is 5.91 Å². The Morgan fingerprint density at radius 2 is 2.00 bits per heavy atom. The maximum Gasteiger partial charge on any atom is 0.355 e. The number of hydrogen-bond donors (Lipinski definition) is 3. The first kappa shape index (κ1) is 19.0. The number of carbonyl (C=O) groups excluding carboxylic acids is 1. The summed E-state index contributed by atoms with van der Waals surface area (Å²) in [4.78, 5) is 34.6. The number of halogens is 1. The third kappa shape index (κ3) is 4.30. The van der Waals surface area contributed by atoms with E-state index in [9.17, 15) is 14.9 Å². The van der Waals surface area contributed by atoms with Gasteiger partial charge in [0.05, 0.1) is 10.5 Å². The molecule has 142 valence electrons. The first-order chi connectivity index (χ1) is 13.5. The van der Waals surface area contributed by atoms with E-state index in [0.717, 1.165) is 11.9 Å². The number of hydrazine groups is 1. The molecule has 10 nitrogen and oxygen atoms in total. The number of aromatic nitrogens is 3. The molecule has 0 aliphatic carbocycles. The van der Waals surface area contributed by atoms with Crippen LogP contribution in [0, 0.1) is 17.0 Å². The summed E-state index contributed by atoms with van der Waals surface area (Å²) in [7, 11) is 0. The quantitative estimate of drug-likeness (QED) is 0.424. The number of anilines is 3. The standard InChI is InChI=1S/C17H14ClN7O3/c1-10-4-5-12(7-13(10)18)22-15-14(25(27)28)16(21-9-20-15)23-24-17(26)11-3-2-6-19-8-11/h2-9H,1H3,(H,24,26)(H2,20,21,22,23). The molecule has 0 saturated heterocycles. The Morgan fingerprint density at radius 3 is 2.68 bits per heavy atom. The summed E-state index contributed by atoms with van der Waals surface area (Å²) in [5.74, 6) is -0.767. The minimum Gasteiger partial charge on any atom is -0.334 e. The molecule has 0 spiro atoms. The topological polar surface area (TPSA) is 135 Å². The highest BCUT2D eigenvalue weighted by molar-refractivity contribution is 6.31. The van der Waals surface area contributed by atoms with Crippen LogP contribution in [0.2, 0.25) is 5.02 Å². The van der Waals surface area contributed by atoms with Crippen LogP contribution in [0.4, 0.5) is 23.0 Å². The van der Waals surface area contributed by atoms with Crippen LogP contribution in [0.1, 0.15) is 15.9 Å². The van der Waals surface area contributed by atoms with Crippen LogP contribution in [-0.2, 0) is 0 Å². The van der Waals surface area contributed by atoms with Crippen molar-refractivity contribution in [3.05, 3.63) is 75.3 Å². The van der Waals surface area contributed by atoms with Gasteiger partial charge in [-0.25, -0.2) is 9.97 Å². The van der Waals surface area contributed by atoms with Gasteiger partial charge in [-0.15, -0.1) is 0 Å². The van der Waals surface area contributed by atoms with E-state index in [-0.39, 0.29) is 17.2 Å². The van der Waals surface area contributed by atoms with E-state index in [4.69, 9.17) is 11.6 Å². The first-order valence-corrected chi connectivity index (χ1v) is 8.32. The number of nitrogens with one attached hydrogen (secondary N) is 3. The smallest absolute Gasteiger partial charge is 0.334 e. The highest BCUT2D eigenvalue weighted by atomic mass is 35.5. The predicted octanol–water partition coefficient (Wildman–Crippen LogP) is 3.24. The summed E-state index contributed by atoms with van der Waals surface area (Å²) in [5.41, 5.74) is 6.02. The SMILES string of the molecule is Cc1ccc(Nc2ncnc(NNC(=O)c3cccnc3)c2[N+](=O)[O-])cc1Cl. The fourth-order valence-electron chi connectivity index (χ4n) is 2.23. The second-order valence-corrected chi connectivity index (χ2v) is 5.99. The van der Waals surface area contributed by atoms with Crippen molar-refractivity contribution < 1.29 is 9.72 Å². The highest BCUT2D eigenvalue weighted by Crippen LogP contribution is 2.31. The molecule has 0 saturated carbocycles. The monoisotopic (exact) mass is 399 g/mol. The maximum atomic E-state index is 12.1. The molecule has 0 fully saturated rings. The number of aryl methyl sites for hydroxylation is 1. The van der Waals surface area contributed by atoms with E-state index in [1.807, 2.05) is 6.92 Å². The van der Waals surface area contributed by atoms with Gasteiger partial charge in [0, 0.05) is 23.1 Å². The molecular formula is C17H14ClN7O3. The number of rotatable bonds is 6. The van der Waals surface area contributed by atoms with Crippen LogP contribution < -0.4 is 16.2 Å². The average molecular weight is 400 g/mol. The Kier molecular flexibility index (Phi) is 5.61. The first-order valence-electron chi connectivity index (χ1n) is 7.94. The van der Waals surface area contributed by atoms with Gasteiger partial charge >= 0.3 is 5.69 Å². The second-order valence-electron chi connectivity index (χ2n) is 5.59. The van der Waals surface area contributed by atoms with Crippen molar-refractivity contribution in [3.8, 4) is 0 Å². The molecule has 0 aliphatic heterocycles. The molecule has 3 aromatic rings. The molecule has 3 rings (SSSR count). The van der Waals surface area contributed by atoms with Gasteiger partial charge in [-0.1, -0.05) is 17.7 Å². The largest absolute Gasteiger partial charge is 0.355 e. The van der Waals surface area contributed by atoms with Crippen LogP contribution in [-0.4, -0.2) is 25.8 Å². The van der Waals surface area contributed by atoms with Crippen molar-refractivity contribution in [1.29, 1.82) is 0 Å². The number of nitrogens with zero attached hydrogens (tertiary/aromatic N) is 4. The molecule has 2 aromatic heterocycles. The van der Waals surface area contributed by atoms with E-state index >= 15 is 0 Å². The van der Waals surface area contributed by atoms with Crippen molar-refractivity contribution in [2.75, 3.05) is 10.7 Å². The van der Waals surface area contributed by atoms with Crippen LogP contribution in [0.5, 0.6) is 0 Å². The molecule has 0 unspecified atom stereocenters. The van der Waals surface area contributed by atoms with Gasteiger partial charge in [-0.05, 0) is 36.8 Å². The Balaban J connectivity index is 1.84. The van der Waals surface area contributed by atoms with E-state index in [1.165, 1.54) is 12.4 Å². The van der Waals surface area contributed by atoms with Crippen molar-refractivity contribution in [2.45, 2.75) is 6.92 Å². The lowest BCUT2D eigenvalue weighted by Gasteiger charge is -2.11. The van der Waals surface area contributed by atoms with Gasteiger partial charge < -0.3 is 5.32 Å². The molecule has 28 heavy (non-hydrogen) atoms. The summed E-state index contributed by atoms with van der Waals surface area (Å²) >= 11 is 6.08. The van der Waals surface area contributed by atoms with Crippen molar-refractivity contribution in [2.24, 2.45) is 0 Å². The third-order valence-electron chi connectivity index (χ3n) is 3.66. The van der Waals surface area contributed by atoms with Gasteiger partial charge in [0.2, 0.25) is 11.6 Å². The zero-order valence-corrected chi connectivity index (χ0v) is 15.3. The normalized spacial score (nSPS) is 10.2. The van der Waals surface area contributed by atoms with Gasteiger partial charge in [-0.2, -0.15) is 0 Å². The Labute approximate surface area is 164 Å². The van der Waals surface area contributed by atoms with Crippen LogP contribution in [0.15, 0.2) is 49.1 Å². The summed E-state index contributed by atoms with van der Waals surface area (Å²) < 4.78 is 0. The lowest BCUT2D eigenvalue weighted by atomic mass is 10.2. The number of carbonyl (C=O) groups is 1. The van der Waals surface area contributed by atoms with E-state index in [2.05, 4.69) is 31.1 Å². The van der Waals surface area contributed by atoms with Crippen LogP contribution >= 0.6 is 11.6 Å². The number of nitro groups is 1. The Bertz CT molecular complexity index is 1030. The number of amides is 1. The minimum absolute atomic E-state index is 0.0574. The van der Waals surface area contributed by atoms with Crippen molar-refractivity contribution in [3.63, 3.8) is 0 Å². The van der Waals surface area contributed by atoms with Crippen LogP contribution in [0.25, 0.3) is 0 Å². The Hall–Kier alpha value is -3.79. The second kappa shape index (κ2) is 8.27. The van der Waals surface area contributed by atoms with Gasteiger partial charge in [0.1, 0.15) is 6.33 Å². The fourth-order valence-corrected chi connectivity index (χ4v) is 2.41. The molecule has 0 atom stereocenters. The molecule has 2 heterocycles. The van der Waals surface area contributed by atoms with E-state index in [0.29, 0.717) is 10.7 Å². The average Bonchev–Trinajstić information content (AvgIpc) is 2.69. The molecule has 0 bridgehead atoms. The Morgan fingerprint density at radius 1 is 1.21 bits per heavy atom. The van der Waals surface area contributed by atoms with Crippen LogP contribution in [0.3, 0.4) is 0 Å². The maximum absolute atomic E-state index is 12.1. The molecule has 0 radical (unpaired) electrons. The zero-order valence-electron chi connectivity index (χ0n) is 14.5. The lowest BCUT2D eigenvalue weighted by molar-refractivity contribution is -0.383. The lowest BCUT2D eigenvalue weighted by Crippen LogP contribution is -2.30. The van der Waals surface area contributed by atoms with Gasteiger partial charge in [0.15, 0.2) is 0 Å². The fraction of sp³-hybridized carbons (Fsp3) is 0.0588. The molecule has 3 N–H and O–H groups in total. The molecule has 11 heteroatoms. The minimum atomic E-state index is -0.656. The number of benzene rings is 1. The molecule has 1 amide bonds. The third-order valence-corrected chi connectivity index (χ3v) is 4.06. The van der Waals surface area contributed by atoms with Crippen molar-refractivity contribution >= 4 is 40.5 Å². The predicted molar refractivity (Wildman–Crippen MR) is 103 cm³/mol. The summed E-state index contributed by atoms with van der Waals surface area (Å²) in [6.07, 6.45) is 4.01. The summed E-state index contributed by atoms with van der Waals surface area (Å²) in [5, 5.41) is 14.9. The van der Waals surface area contributed by atoms with E-state index in [1.54, 1.807) is 30.3 Å². The highest BCUT2D eigenvalue weighted by Gasteiger charge is 2.24. The van der Waals surface area contributed by atoms with E-state index < -0.39 is 16.5 Å². The summed E-state index contributed by atoms with van der Waals surface area (Å²) in [6, 6.07) is 8.25. The molecular weight excluding hydrogens is 386 g/mol. The molecule has 0 aliphatic rings. The van der Waals surface area contributed by atoms with Gasteiger partial charge in [-0.3, -0.25) is 30.7 Å². The van der Waals surface area contributed by atoms with Crippen molar-refractivity contribution in [1.82, 2.24) is 20.4 Å². The summed E-state index contributed by atoms with van der Waals surface area (Å²) in [6.45, 7) is 1.84. The number of hydrogen-bond acceptors (Lipinski definition) is 8. The molecule has 1 aromatic carbocycles.